The molecule has 0 amide bonds. The zero-order valence-corrected chi connectivity index (χ0v) is 12.8. The number of β-amino-alcohol motifs (C(OH)–C–C–N with tert-alkyl or cyclic N) is 1. The quantitative estimate of drug-likeness (QED) is 0.917. The summed E-state index contributed by atoms with van der Waals surface area (Å²) in [7, 11) is 1.64. The summed E-state index contributed by atoms with van der Waals surface area (Å²) in [6.45, 7) is 8.40. The lowest BCUT2D eigenvalue weighted by atomic mass is 10.0. The molecule has 112 valence electrons. The third-order valence-electron chi connectivity index (χ3n) is 3.89. The summed E-state index contributed by atoms with van der Waals surface area (Å²) >= 11 is 0. The van der Waals surface area contributed by atoms with E-state index in [0.717, 1.165) is 30.0 Å². The molecule has 1 aliphatic rings. The van der Waals surface area contributed by atoms with Crippen LogP contribution in [0.2, 0.25) is 0 Å². The molecule has 0 aromatic heterocycles. The predicted molar refractivity (Wildman–Crippen MR) is 79.1 cm³/mol. The number of rotatable bonds is 4. The number of morpholine rings is 1. The zero-order chi connectivity index (χ0) is 14.7. The molecule has 3 atom stereocenters. The molecule has 0 bridgehead atoms. The van der Waals surface area contributed by atoms with Gasteiger partial charge in [0.05, 0.1) is 25.9 Å². The predicted octanol–water partition coefficient (Wildman–Crippen LogP) is 2.15. The lowest BCUT2D eigenvalue weighted by molar-refractivity contribution is -0.0621. The highest BCUT2D eigenvalue weighted by Crippen LogP contribution is 2.28. The standard InChI is InChI=1S/C16H25NO3/c1-11-5-6-16(19-4)14(7-11)15(18)9-17-8-13(3)20-10-12(17)2/h5-7,12-13,15,18H,8-10H2,1-4H3. The number of aliphatic hydroxyl groups is 1. The van der Waals surface area contributed by atoms with Crippen molar-refractivity contribution in [3.05, 3.63) is 29.3 Å². The lowest BCUT2D eigenvalue weighted by Crippen LogP contribution is -2.48. The maximum atomic E-state index is 10.6. The Morgan fingerprint density at radius 2 is 2.20 bits per heavy atom. The van der Waals surface area contributed by atoms with Gasteiger partial charge in [0.1, 0.15) is 5.75 Å². The van der Waals surface area contributed by atoms with E-state index in [2.05, 4.69) is 18.7 Å². The van der Waals surface area contributed by atoms with Crippen molar-refractivity contribution in [1.82, 2.24) is 4.90 Å². The number of ether oxygens (including phenoxy) is 2. The Morgan fingerprint density at radius 3 is 2.90 bits per heavy atom. The Morgan fingerprint density at radius 1 is 1.45 bits per heavy atom. The van der Waals surface area contributed by atoms with Crippen LogP contribution < -0.4 is 4.74 Å². The summed E-state index contributed by atoms with van der Waals surface area (Å²) in [5.74, 6) is 0.747. The van der Waals surface area contributed by atoms with E-state index in [1.54, 1.807) is 7.11 Å². The summed E-state index contributed by atoms with van der Waals surface area (Å²) in [6, 6.07) is 6.24. The van der Waals surface area contributed by atoms with Crippen LogP contribution in [0.5, 0.6) is 5.75 Å². The molecule has 0 aliphatic carbocycles. The molecule has 1 heterocycles. The van der Waals surface area contributed by atoms with Crippen molar-refractivity contribution >= 4 is 0 Å². The SMILES string of the molecule is COc1ccc(C)cc1C(O)CN1CC(C)OCC1C. The molecule has 20 heavy (non-hydrogen) atoms. The Labute approximate surface area is 121 Å². The fraction of sp³-hybridized carbons (Fsp3) is 0.625. The highest BCUT2D eigenvalue weighted by atomic mass is 16.5. The Balaban J connectivity index is 2.11. The molecule has 1 aliphatic heterocycles. The molecule has 3 unspecified atom stereocenters. The highest BCUT2D eigenvalue weighted by Gasteiger charge is 2.26. The van der Waals surface area contributed by atoms with E-state index in [9.17, 15) is 5.11 Å². The van der Waals surface area contributed by atoms with Crippen molar-refractivity contribution < 1.29 is 14.6 Å². The normalized spacial score (nSPS) is 25.4. The van der Waals surface area contributed by atoms with Crippen LogP contribution >= 0.6 is 0 Å². The second-order valence-corrected chi connectivity index (χ2v) is 5.71. The maximum Gasteiger partial charge on any atom is 0.124 e. The van der Waals surface area contributed by atoms with Crippen LogP contribution in [0.15, 0.2) is 18.2 Å². The first-order chi connectivity index (χ1) is 9.51. The molecule has 0 spiro atoms. The molecular formula is C16H25NO3. The molecule has 4 heteroatoms. The number of hydrogen-bond acceptors (Lipinski definition) is 4. The second-order valence-electron chi connectivity index (χ2n) is 5.71. The molecular weight excluding hydrogens is 254 g/mol. The average Bonchev–Trinajstić information content (AvgIpc) is 2.42. The van der Waals surface area contributed by atoms with E-state index in [1.807, 2.05) is 25.1 Å². The van der Waals surface area contributed by atoms with Crippen molar-refractivity contribution in [2.24, 2.45) is 0 Å². The lowest BCUT2D eigenvalue weighted by Gasteiger charge is -2.38. The minimum absolute atomic E-state index is 0.220. The molecule has 1 aromatic rings. The molecule has 1 saturated heterocycles. The molecule has 1 aromatic carbocycles. The van der Waals surface area contributed by atoms with Crippen molar-refractivity contribution in [1.29, 1.82) is 0 Å². The number of nitrogens with zero attached hydrogens (tertiary/aromatic N) is 1. The van der Waals surface area contributed by atoms with Gasteiger partial charge in [0.2, 0.25) is 0 Å². The third-order valence-corrected chi connectivity index (χ3v) is 3.89. The smallest absolute Gasteiger partial charge is 0.124 e. The number of hydrogen-bond donors (Lipinski definition) is 1. The van der Waals surface area contributed by atoms with Gasteiger partial charge in [-0.2, -0.15) is 0 Å². The minimum atomic E-state index is -0.544. The third kappa shape index (κ3) is 3.51. The van der Waals surface area contributed by atoms with Crippen LogP contribution in [-0.2, 0) is 4.74 Å². The van der Waals surface area contributed by atoms with Gasteiger partial charge in [-0.1, -0.05) is 11.6 Å². The van der Waals surface area contributed by atoms with Gasteiger partial charge < -0.3 is 14.6 Å². The van der Waals surface area contributed by atoms with Crippen LogP contribution in [-0.4, -0.2) is 49.0 Å². The fourth-order valence-corrected chi connectivity index (χ4v) is 2.66. The van der Waals surface area contributed by atoms with Crippen LogP contribution in [0.1, 0.15) is 31.1 Å². The van der Waals surface area contributed by atoms with E-state index in [0.29, 0.717) is 12.6 Å². The van der Waals surface area contributed by atoms with Gasteiger partial charge in [-0.25, -0.2) is 0 Å². The van der Waals surface area contributed by atoms with Crippen molar-refractivity contribution in [3.8, 4) is 5.75 Å². The van der Waals surface area contributed by atoms with E-state index in [-0.39, 0.29) is 6.10 Å². The van der Waals surface area contributed by atoms with Gasteiger partial charge in [-0.3, -0.25) is 4.90 Å². The number of aryl methyl sites for hydroxylation is 1. The Kier molecular flexibility index (Phi) is 5.02. The first-order valence-electron chi connectivity index (χ1n) is 7.19. The van der Waals surface area contributed by atoms with E-state index in [1.165, 1.54) is 0 Å². The monoisotopic (exact) mass is 279 g/mol. The molecule has 2 rings (SSSR count). The minimum Gasteiger partial charge on any atom is -0.496 e. The zero-order valence-electron chi connectivity index (χ0n) is 12.8. The largest absolute Gasteiger partial charge is 0.496 e. The first-order valence-corrected chi connectivity index (χ1v) is 7.19. The van der Waals surface area contributed by atoms with E-state index >= 15 is 0 Å². The van der Waals surface area contributed by atoms with Crippen molar-refractivity contribution in [3.63, 3.8) is 0 Å². The van der Waals surface area contributed by atoms with Crippen LogP contribution in [0.4, 0.5) is 0 Å². The first kappa shape index (κ1) is 15.3. The number of benzene rings is 1. The van der Waals surface area contributed by atoms with Crippen molar-refractivity contribution in [2.75, 3.05) is 26.8 Å². The van der Waals surface area contributed by atoms with Gasteiger partial charge >= 0.3 is 0 Å². The van der Waals surface area contributed by atoms with Crippen LogP contribution in [0.25, 0.3) is 0 Å². The second kappa shape index (κ2) is 6.57. The molecule has 0 saturated carbocycles. The van der Waals surface area contributed by atoms with E-state index in [4.69, 9.17) is 9.47 Å². The maximum absolute atomic E-state index is 10.6. The van der Waals surface area contributed by atoms with Gasteiger partial charge in [0, 0.05) is 24.7 Å². The van der Waals surface area contributed by atoms with Gasteiger partial charge in [-0.15, -0.1) is 0 Å². The van der Waals surface area contributed by atoms with Gasteiger partial charge in [0.15, 0.2) is 0 Å². The summed E-state index contributed by atoms with van der Waals surface area (Å²) in [5.41, 5.74) is 1.99. The summed E-state index contributed by atoms with van der Waals surface area (Å²) in [4.78, 5) is 2.28. The van der Waals surface area contributed by atoms with Gasteiger partial charge in [0.25, 0.3) is 0 Å². The number of aliphatic hydroxyl groups excluding tert-OH is 1. The molecule has 4 nitrogen and oxygen atoms in total. The molecule has 1 fully saturated rings. The van der Waals surface area contributed by atoms with Crippen LogP contribution in [0, 0.1) is 6.92 Å². The van der Waals surface area contributed by atoms with Crippen LogP contribution in [0.3, 0.4) is 0 Å². The summed E-state index contributed by atoms with van der Waals surface area (Å²) < 4.78 is 11.0. The van der Waals surface area contributed by atoms with E-state index < -0.39 is 6.10 Å². The number of methoxy groups -OCH3 is 1. The molecule has 0 radical (unpaired) electrons. The summed E-state index contributed by atoms with van der Waals surface area (Å²) in [6.07, 6.45) is -0.324. The molecule has 1 N–H and O–H groups in total. The fourth-order valence-electron chi connectivity index (χ4n) is 2.66. The topological polar surface area (TPSA) is 41.9 Å². The van der Waals surface area contributed by atoms with Gasteiger partial charge in [-0.05, 0) is 32.9 Å². The Hall–Kier alpha value is -1.10. The summed E-state index contributed by atoms with van der Waals surface area (Å²) in [5, 5.41) is 10.6. The Bertz CT molecular complexity index is 449. The highest BCUT2D eigenvalue weighted by molar-refractivity contribution is 5.38. The average molecular weight is 279 g/mol. The van der Waals surface area contributed by atoms with Crippen molar-refractivity contribution in [2.45, 2.75) is 39.0 Å².